The molecule has 3 aromatic rings. The number of hydrogen-bond acceptors (Lipinski definition) is 6. The van der Waals surface area contributed by atoms with Gasteiger partial charge in [0.15, 0.2) is 5.96 Å². The molecule has 1 aliphatic heterocycles. The van der Waals surface area contributed by atoms with E-state index in [0.29, 0.717) is 70.3 Å². The molecule has 8 rings (SSSR count). The van der Waals surface area contributed by atoms with Crippen LogP contribution < -0.4 is 26.2 Å². The summed E-state index contributed by atoms with van der Waals surface area (Å²) < 4.78 is 21.5. The molecule has 0 spiro atoms. The molecule has 5 fully saturated rings. The molecule has 4 saturated carbocycles. The van der Waals surface area contributed by atoms with Crippen LogP contribution in [0.2, 0.25) is 0 Å². The predicted molar refractivity (Wildman–Crippen MR) is 182 cm³/mol. The van der Waals surface area contributed by atoms with Crippen molar-refractivity contribution in [3.63, 3.8) is 0 Å². The molecular formula is C36H46FN7O3. The van der Waals surface area contributed by atoms with Crippen LogP contribution in [0.1, 0.15) is 58.9 Å². The largest absolute Gasteiger partial charge is 0.497 e. The third kappa shape index (κ3) is 6.16. The molecule has 1 aromatic heterocycles. The lowest BCUT2D eigenvalue weighted by Crippen LogP contribution is -2.58. The van der Waals surface area contributed by atoms with Crippen LogP contribution >= 0.6 is 0 Å². The van der Waals surface area contributed by atoms with Crippen molar-refractivity contribution in [3.8, 4) is 5.75 Å². The van der Waals surface area contributed by atoms with Crippen molar-refractivity contribution in [1.29, 1.82) is 0 Å². The van der Waals surface area contributed by atoms with Gasteiger partial charge in [-0.15, -0.1) is 0 Å². The number of nitrogens with zero attached hydrogens (tertiary/aromatic N) is 4. The Balaban J connectivity index is 1.19. The molecule has 10 nitrogen and oxygen atoms in total. The number of hydrogen-bond donors (Lipinski definition) is 3. The zero-order chi connectivity index (χ0) is 33.0. The number of aromatic nitrogens is 2. The Kier molecular flexibility index (Phi) is 8.12. The van der Waals surface area contributed by atoms with E-state index in [9.17, 15) is 14.0 Å². The summed E-state index contributed by atoms with van der Waals surface area (Å²) in [6.45, 7) is 10.3. The third-order valence-corrected chi connectivity index (χ3v) is 11.1. The highest BCUT2D eigenvalue weighted by Gasteiger charge is 2.56. The van der Waals surface area contributed by atoms with Gasteiger partial charge in [0.25, 0.3) is 5.56 Å². The van der Waals surface area contributed by atoms with Gasteiger partial charge in [-0.1, -0.05) is 26.8 Å². The second kappa shape index (κ2) is 12.1. The molecule has 2 heterocycles. The summed E-state index contributed by atoms with van der Waals surface area (Å²) >= 11 is 0. The predicted octanol–water partition coefficient (Wildman–Crippen LogP) is 5.02. The Bertz CT molecular complexity index is 1780. The second-order valence-corrected chi connectivity index (χ2v) is 14.7. The Hall–Kier alpha value is -4.15. The number of guanidine groups is 1. The number of aryl methyl sites for hydroxylation is 1. The number of amides is 1. The van der Waals surface area contributed by atoms with Gasteiger partial charge in [0.1, 0.15) is 11.6 Å². The van der Waals surface area contributed by atoms with Gasteiger partial charge in [-0.25, -0.2) is 14.4 Å². The average molecular weight is 644 g/mol. The molecule has 5 aliphatic rings. The van der Waals surface area contributed by atoms with E-state index in [-0.39, 0.29) is 48.5 Å². The topological polar surface area (TPSA) is 113 Å². The lowest BCUT2D eigenvalue weighted by molar-refractivity contribution is -0.124. The van der Waals surface area contributed by atoms with E-state index < -0.39 is 0 Å². The van der Waals surface area contributed by atoms with Gasteiger partial charge < -0.3 is 25.6 Å². The summed E-state index contributed by atoms with van der Waals surface area (Å²) in [5, 5.41) is 10.5. The van der Waals surface area contributed by atoms with Crippen LogP contribution in [-0.4, -0.2) is 64.6 Å². The Morgan fingerprint density at radius 3 is 2.64 bits per heavy atom. The van der Waals surface area contributed by atoms with Gasteiger partial charge in [0.2, 0.25) is 11.9 Å². The summed E-state index contributed by atoms with van der Waals surface area (Å²) in [5.74, 6) is 3.00. The van der Waals surface area contributed by atoms with Crippen LogP contribution in [0.4, 0.5) is 16.0 Å². The summed E-state index contributed by atoms with van der Waals surface area (Å²) in [6, 6.07) is 10.8. The quantitative estimate of drug-likeness (QED) is 0.234. The van der Waals surface area contributed by atoms with Gasteiger partial charge in [0, 0.05) is 36.9 Å². The standard InChI is InChI=1S/C36H46FN7O3/c1-20-18-43(19-32(45)38-20)34(41-30-15-23-14-28(21(30)2)36(23,3)4)40-25-9-11-27-31(16-25)42-35(39-24-7-8-24)44(33(27)46)13-12-22-6-10-26(47-5)17-29(22)37/h6,9-11,16-17,20-21,23-24,28,30H,7-8,12-15,18-19H2,1-5H3,(H,38,45)(H,39,42)(H,40,41)/t20-,21-,23+,28-,30-/m0/s1. The number of piperazine rings is 1. The van der Waals surface area contributed by atoms with E-state index in [1.54, 1.807) is 22.8 Å². The molecule has 5 atom stereocenters. The Morgan fingerprint density at radius 1 is 1.15 bits per heavy atom. The summed E-state index contributed by atoms with van der Waals surface area (Å²) in [7, 11) is 1.51. The molecule has 3 N–H and O–H groups in total. The number of fused-ring (bicyclic) bond motifs is 3. The van der Waals surface area contributed by atoms with Crippen molar-refractivity contribution in [2.75, 3.05) is 30.8 Å². The van der Waals surface area contributed by atoms with Crippen LogP contribution in [0.3, 0.4) is 0 Å². The monoisotopic (exact) mass is 643 g/mol. The van der Waals surface area contributed by atoms with Crippen LogP contribution in [0.5, 0.6) is 5.75 Å². The Morgan fingerprint density at radius 2 is 1.96 bits per heavy atom. The summed E-state index contributed by atoms with van der Waals surface area (Å²) in [4.78, 5) is 38.7. The fourth-order valence-corrected chi connectivity index (χ4v) is 7.98. The molecule has 1 amide bonds. The number of rotatable bonds is 8. The van der Waals surface area contributed by atoms with Gasteiger partial charge in [-0.2, -0.15) is 0 Å². The lowest BCUT2D eigenvalue weighted by atomic mass is 9.45. The van der Waals surface area contributed by atoms with Crippen LogP contribution in [-0.2, 0) is 17.8 Å². The van der Waals surface area contributed by atoms with Gasteiger partial charge in [0.05, 0.1) is 30.6 Å². The zero-order valence-corrected chi connectivity index (χ0v) is 28.0. The molecule has 250 valence electrons. The number of carbonyl (C=O) groups excluding carboxylic acids is 1. The third-order valence-electron chi connectivity index (χ3n) is 11.1. The number of aliphatic imine (C=N–C) groups is 1. The molecule has 1 saturated heterocycles. The van der Waals surface area contributed by atoms with E-state index in [4.69, 9.17) is 14.7 Å². The first kappa shape index (κ1) is 31.4. The number of methoxy groups -OCH3 is 1. The number of benzene rings is 2. The minimum Gasteiger partial charge on any atom is -0.497 e. The van der Waals surface area contributed by atoms with E-state index in [1.165, 1.54) is 19.6 Å². The van der Waals surface area contributed by atoms with Crippen molar-refractivity contribution in [1.82, 2.24) is 19.8 Å². The lowest BCUT2D eigenvalue weighted by Gasteiger charge is -2.61. The van der Waals surface area contributed by atoms with E-state index >= 15 is 0 Å². The number of carbonyl (C=O) groups is 1. The fraction of sp³-hybridized carbons (Fsp3) is 0.556. The van der Waals surface area contributed by atoms with Crippen LogP contribution in [0, 0.1) is 29.0 Å². The van der Waals surface area contributed by atoms with Crippen molar-refractivity contribution >= 4 is 34.4 Å². The first-order chi connectivity index (χ1) is 22.5. The minimum absolute atomic E-state index is 0.00134. The van der Waals surface area contributed by atoms with Gasteiger partial charge in [-0.05, 0) is 92.0 Å². The number of ether oxygens (including phenoxy) is 1. The Labute approximate surface area is 275 Å². The summed E-state index contributed by atoms with van der Waals surface area (Å²) in [5.41, 5.74) is 2.01. The molecule has 2 aromatic carbocycles. The highest BCUT2D eigenvalue weighted by molar-refractivity contribution is 5.98. The maximum atomic E-state index is 14.7. The van der Waals surface area contributed by atoms with Crippen molar-refractivity contribution in [3.05, 3.63) is 58.1 Å². The highest BCUT2D eigenvalue weighted by Crippen LogP contribution is 2.61. The number of nitrogens with one attached hydrogen (secondary N) is 3. The van der Waals surface area contributed by atoms with E-state index in [0.717, 1.165) is 24.9 Å². The first-order valence-corrected chi connectivity index (χ1v) is 17.0. The zero-order valence-electron chi connectivity index (χ0n) is 28.0. The van der Waals surface area contributed by atoms with Crippen LogP contribution in [0.25, 0.3) is 10.9 Å². The SMILES string of the molecule is COc1ccc(CCn2c(NC3CC3)nc3cc(NC(=N[C@H]4C[C@H]5C[C@@H]([C@@H]4C)C5(C)C)N4CC(=O)N[C@@H](C)C4)ccc3c2=O)c(F)c1. The molecule has 0 radical (unpaired) electrons. The number of halogens is 1. The van der Waals surface area contributed by atoms with Crippen molar-refractivity contribution in [2.24, 2.45) is 28.2 Å². The molecule has 0 unspecified atom stereocenters. The molecule has 2 bridgehead atoms. The normalized spacial score (nSPS) is 26.9. The van der Waals surface area contributed by atoms with Crippen molar-refractivity contribution < 1.29 is 13.9 Å². The second-order valence-electron chi connectivity index (χ2n) is 14.7. The fourth-order valence-electron chi connectivity index (χ4n) is 7.98. The van der Waals surface area contributed by atoms with E-state index in [1.807, 2.05) is 24.0 Å². The van der Waals surface area contributed by atoms with E-state index in [2.05, 4.69) is 36.7 Å². The van der Waals surface area contributed by atoms with Gasteiger partial charge >= 0.3 is 0 Å². The first-order valence-electron chi connectivity index (χ1n) is 17.0. The minimum atomic E-state index is -0.361. The maximum absolute atomic E-state index is 14.7. The average Bonchev–Trinajstić information content (AvgIpc) is 3.85. The molecule has 4 aliphatic carbocycles. The van der Waals surface area contributed by atoms with Crippen LogP contribution in [0.15, 0.2) is 46.2 Å². The highest BCUT2D eigenvalue weighted by atomic mass is 19.1. The van der Waals surface area contributed by atoms with Crippen molar-refractivity contribution in [2.45, 2.75) is 84.5 Å². The number of anilines is 2. The molecule has 47 heavy (non-hydrogen) atoms. The maximum Gasteiger partial charge on any atom is 0.262 e. The molecule has 11 heteroatoms. The van der Waals surface area contributed by atoms with Gasteiger partial charge in [-0.3, -0.25) is 14.2 Å². The molecular weight excluding hydrogens is 597 g/mol. The smallest absolute Gasteiger partial charge is 0.262 e. The summed E-state index contributed by atoms with van der Waals surface area (Å²) in [6.07, 6.45) is 4.68.